The number of nitrogens with zero attached hydrogens (tertiary/aromatic N) is 5. The number of likely N-dealkylation sites (tertiary alicyclic amines) is 1. The quantitative estimate of drug-likeness (QED) is 0.819. The zero-order valence-electron chi connectivity index (χ0n) is 16.1. The lowest BCUT2D eigenvalue weighted by atomic mass is 9.97. The van der Waals surface area contributed by atoms with E-state index in [0.717, 1.165) is 69.3 Å². The van der Waals surface area contributed by atoms with E-state index in [9.17, 15) is 9.18 Å². The molecule has 1 fully saturated rings. The molecule has 28 heavy (non-hydrogen) atoms. The highest BCUT2D eigenvalue weighted by Gasteiger charge is 2.23. The minimum Gasteiger partial charge on any atom is -0.366 e. The van der Waals surface area contributed by atoms with Crippen molar-refractivity contribution in [1.29, 1.82) is 0 Å². The van der Waals surface area contributed by atoms with Crippen LogP contribution in [0, 0.1) is 5.82 Å². The standard InChI is InChI=1S/C20H27FN6O/c21-17-13-22-14-24-20(17)23-12-16-6-3-4-8-26(16)9-10-27-19(28)11-15-5-1-2-7-18(15)25-27/h11,13-14,16H,1-10,12H2,(H,22,23,24). The van der Waals surface area contributed by atoms with Crippen LogP contribution in [0.25, 0.3) is 0 Å². The topological polar surface area (TPSA) is 75.9 Å². The van der Waals surface area contributed by atoms with E-state index in [1.54, 1.807) is 10.7 Å². The van der Waals surface area contributed by atoms with Gasteiger partial charge in [-0.3, -0.25) is 9.69 Å². The average molecular weight is 386 g/mol. The van der Waals surface area contributed by atoms with Crippen molar-refractivity contribution in [2.45, 2.75) is 57.5 Å². The van der Waals surface area contributed by atoms with Crippen LogP contribution in [0.4, 0.5) is 10.2 Å². The second-order valence-electron chi connectivity index (χ2n) is 7.67. The molecule has 3 heterocycles. The van der Waals surface area contributed by atoms with Gasteiger partial charge in [0.05, 0.1) is 18.4 Å². The molecule has 2 aromatic heterocycles. The van der Waals surface area contributed by atoms with Crippen molar-refractivity contribution >= 4 is 5.82 Å². The molecule has 0 saturated carbocycles. The number of aromatic nitrogens is 4. The lowest BCUT2D eigenvalue weighted by molar-refractivity contribution is 0.147. The molecule has 1 saturated heterocycles. The molecule has 0 amide bonds. The maximum Gasteiger partial charge on any atom is 0.267 e. The van der Waals surface area contributed by atoms with Crippen molar-refractivity contribution in [2.75, 3.05) is 25.0 Å². The van der Waals surface area contributed by atoms with Gasteiger partial charge >= 0.3 is 0 Å². The number of anilines is 1. The first kappa shape index (κ1) is 19.0. The second kappa shape index (κ2) is 8.77. The van der Waals surface area contributed by atoms with Crippen LogP contribution >= 0.6 is 0 Å². The van der Waals surface area contributed by atoms with Crippen molar-refractivity contribution < 1.29 is 4.39 Å². The monoisotopic (exact) mass is 386 g/mol. The van der Waals surface area contributed by atoms with Crippen molar-refractivity contribution in [3.63, 3.8) is 0 Å². The predicted molar refractivity (Wildman–Crippen MR) is 105 cm³/mol. The Morgan fingerprint density at radius 1 is 1.18 bits per heavy atom. The van der Waals surface area contributed by atoms with Crippen molar-refractivity contribution in [3.8, 4) is 0 Å². The summed E-state index contributed by atoms with van der Waals surface area (Å²) in [4.78, 5) is 22.4. The second-order valence-corrected chi connectivity index (χ2v) is 7.67. The normalized spacial score (nSPS) is 20.0. The molecule has 0 bridgehead atoms. The fraction of sp³-hybridized carbons (Fsp3) is 0.600. The van der Waals surface area contributed by atoms with Gasteiger partial charge in [-0.25, -0.2) is 19.0 Å². The molecule has 4 rings (SSSR count). The van der Waals surface area contributed by atoms with Gasteiger partial charge in [-0.1, -0.05) is 6.42 Å². The summed E-state index contributed by atoms with van der Waals surface area (Å²) in [6, 6.07) is 2.06. The van der Waals surface area contributed by atoms with Gasteiger partial charge in [0, 0.05) is 25.2 Å². The molecule has 0 radical (unpaired) electrons. The van der Waals surface area contributed by atoms with Crippen LogP contribution in [0.15, 0.2) is 23.4 Å². The van der Waals surface area contributed by atoms with Crippen molar-refractivity contribution in [1.82, 2.24) is 24.6 Å². The van der Waals surface area contributed by atoms with Crippen LogP contribution in [0.3, 0.4) is 0 Å². The summed E-state index contributed by atoms with van der Waals surface area (Å²) in [5, 5.41) is 7.73. The van der Waals surface area contributed by atoms with E-state index >= 15 is 0 Å². The Labute approximate surface area is 164 Å². The Balaban J connectivity index is 1.38. The molecule has 0 spiro atoms. The first-order valence-electron chi connectivity index (χ1n) is 10.2. The average Bonchev–Trinajstić information content (AvgIpc) is 2.72. The highest BCUT2D eigenvalue weighted by molar-refractivity contribution is 5.34. The zero-order valence-corrected chi connectivity index (χ0v) is 16.1. The van der Waals surface area contributed by atoms with Gasteiger partial charge in [0.1, 0.15) is 6.33 Å². The van der Waals surface area contributed by atoms with Crippen molar-refractivity contribution in [3.05, 3.63) is 46.0 Å². The van der Waals surface area contributed by atoms with Crippen LogP contribution in [0.5, 0.6) is 0 Å². The third-order valence-electron chi connectivity index (χ3n) is 5.79. The maximum absolute atomic E-state index is 13.7. The molecular weight excluding hydrogens is 359 g/mol. The molecule has 1 aliphatic carbocycles. The zero-order chi connectivity index (χ0) is 19.3. The van der Waals surface area contributed by atoms with Gasteiger partial charge in [0.2, 0.25) is 0 Å². The molecule has 1 unspecified atom stereocenters. The molecule has 1 aliphatic heterocycles. The first-order chi connectivity index (χ1) is 13.7. The number of nitrogens with one attached hydrogen (secondary N) is 1. The highest BCUT2D eigenvalue weighted by Crippen LogP contribution is 2.19. The minimum absolute atomic E-state index is 0.00427. The van der Waals surface area contributed by atoms with Gasteiger partial charge in [0.15, 0.2) is 11.6 Å². The van der Waals surface area contributed by atoms with E-state index in [-0.39, 0.29) is 17.4 Å². The number of rotatable bonds is 6. The summed E-state index contributed by atoms with van der Waals surface area (Å²) < 4.78 is 15.4. The number of fused-ring (bicyclic) bond motifs is 1. The molecule has 0 aromatic carbocycles. The van der Waals surface area contributed by atoms with Crippen molar-refractivity contribution in [2.24, 2.45) is 0 Å². The number of piperidine rings is 1. The van der Waals surface area contributed by atoms with Gasteiger partial charge in [-0.05, 0) is 50.6 Å². The number of halogens is 1. The summed E-state index contributed by atoms with van der Waals surface area (Å²) >= 11 is 0. The molecule has 1 atom stereocenters. The summed E-state index contributed by atoms with van der Waals surface area (Å²) in [5.41, 5.74) is 2.21. The largest absolute Gasteiger partial charge is 0.366 e. The van der Waals surface area contributed by atoms with Gasteiger partial charge in [-0.2, -0.15) is 5.10 Å². The van der Waals surface area contributed by atoms with E-state index in [1.165, 1.54) is 12.5 Å². The molecule has 8 heteroatoms. The molecule has 7 nitrogen and oxygen atoms in total. The van der Waals surface area contributed by atoms with Gasteiger partial charge in [0.25, 0.3) is 5.56 Å². The SMILES string of the molecule is O=c1cc2c(nn1CCN1CCCCC1CNc1ncncc1F)CCCC2. The summed E-state index contributed by atoms with van der Waals surface area (Å²) in [6.07, 6.45) is 10.1. The molecule has 150 valence electrons. The molecule has 2 aromatic rings. The smallest absolute Gasteiger partial charge is 0.267 e. The summed E-state index contributed by atoms with van der Waals surface area (Å²) in [7, 11) is 0. The van der Waals surface area contributed by atoms with Gasteiger partial charge < -0.3 is 5.32 Å². The van der Waals surface area contributed by atoms with Crippen LogP contribution in [0.1, 0.15) is 43.4 Å². The Kier molecular flexibility index (Phi) is 5.95. The van der Waals surface area contributed by atoms with E-state index < -0.39 is 5.82 Å². The summed E-state index contributed by atoms with van der Waals surface area (Å²) in [6.45, 7) is 2.97. The summed E-state index contributed by atoms with van der Waals surface area (Å²) in [5.74, 6) is -0.192. The Hall–Kier alpha value is -2.35. The Bertz CT molecular complexity index is 870. The third-order valence-corrected chi connectivity index (χ3v) is 5.79. The van der Waals surface area contributed by atoms with Gasteiger partial charge in [-0.15, -0.1) is 0 Å². The first-order valence-corrected chi connectivity index (χ1v) is 10.2. The van der Waals surface area contributed by atoms with Crippen LogP contribution in [-0.4, -0.2) is 50.3 Å². The number of aryl methyl sites for hydroxylation is 2. The van der Waals surface area contributed by atoms with Crippen LogP contribution in [0.2, 0.25) is 0 Å². The molecule has 2 aliphatic rings. The fourth-order valence-corrected chi connectivity index (χ4v) is 4.23. The van der Waals surface area contributed by atoms with Crippen LogP contribution < -0.4 is 10.9 Å². The molecule has 1 N–H and O–H groups in total. The molecular formula is C20H27FN6O. The third kappa shape index (κ3) is 4.38. The van der Waals surface area contributed by atoms with Crippen LogP contribution in [-0.2, 0) is 19.4 Å². The lowest BCUT2D eigenvalue weighted by Gasteiger charge is -2.36. The Morgan fingerprint density at radius 2 is 2.07 bits per heavy atom. The number of hydrogen-bond acceptors (Lipinski definition) is 6. The fourth-order valence-electron chi connectivity index (χ4n) is 4.23. The Morgan fingerprint density at radius 3 is 2.96 bits per heavy atom. The van der Waals surface area contributed by atoms with E-state index in [2.05, 4.69) is 25.3 Å². The lowest BCUT2D eigenvalue weighted by Crippen LogP contribution is -2.46. The van der Waals surface area contributed by atoms with E-state index in [4.69, 9.17) is 0 Å². The van der Waals surface area contributed by atoms with E-state index in [1.807, 2.05) is 0 Å². The predicted octanol–water partition coefficient (Wildman–Crippen LogP) is 2.02. The highest BCUT2D eigenvalue weighted by atomic mass is 19.1. The van der Waals surface area contributed by atoms with E-state index in [0.29, 0.717) is 13.1 Å². The minimum atomic E-state index is -0.435. The maximum atomic E-state index is 13.7. The number of hydrogen-bond donors (Lipinski definition) is 1.